The van der Waals surface area contributed by atoms with Crippen LogP contribution in [-0.4, -0.2) is 163 Å². The molecule has 3 fully saturated rings. The summed E-state index contributed by atoms with van der Waals surface area (Å²) in [6.45, 7) is 0.229. The molecule has 58 heavy (non-hydrogen) atoms. The highest BCUT2D eigenvalue weighted by Crippen LogP contribution is 2.30. The number of aliphatic hydroxyl groups excluding tert-OH is 8. The van der Waals surface area contributed by atoms with Gasteiger partial charge in [-0.3, -0.25) is 9.59 Å². The average molecular weight is 803 g/mol. The Bertz CT molecular complexity index is 1880. The van der Waals surface area contributed by atoms with Crippen molar-refractivity contribution in [1.29, 1.82) is 0 Å². The number of rotatable bonds is 10. The highest BCUT2D eigenvalue weighted by molar-refractivity contribution is 5.97. The maximum Gasteiger partial charge on any atom is 0.253 e. The number of hydrogen-bond donors (Lipinski definition) is 8. The summed E-state index contributed by atoms with van der Waals surface area (Å²) in [5, 5.41) is 79.6. The predicted molar refractivity (Wildman–Crippen MR) is 204 cm³/mol. The van der Waals surface area contributed by atoms with Gasteiger partial charge >= 0.3 is 0 Å². The second-order valence-electron chi connectivity index (χ2n) is 14.4. The fourth-order valence-corrected chi connectivity index (χ4v) is 7.19. The number of amides is 2. The molecule has 3 aliphatic heterocycles. The summed E-state index contributed by atoms with van der Waals surface area (Å²) in [5.74, 6) is 0.294. The van der Waals surface area contributed by atoms with Crippen molar-refractivity contribution >= 4 is 11.8 Å². The number of nitrogens with zero attached hydrogens (tertiary/aromatic N) is 2. The van der Waals surface area contributed by atoms with Crippen LogP contribution < -0.4 is 9.47 Å². The number of aliphatic hydroxyl groups is 8. The Morgan fingerprint density at radius 1 is 0.500 bits per heavy atom. The van der Waals surface area contributed by atoms with Crippen molar-refractivity contribution in [3.05, 3.63) is 108 Å². The Balaban J connectivity index is 0.929. The number of benzene rings is 4. The molecule has 16 heteroatoms. The van der Waals surface area contributed by atoms with Crippen molar-refractivity contribution in [2.75, 3.05) is 39.4 Å². The molecule has 0 bridgehead atoms. The van der Waals surface area contributed by atoms with Gasteiger partial charge in [0, 0.05) is 37.3 Å². The largest absolute Gasteiger partial charge is 0.462 e. The second kappa shape index (κ2) is 17.9. The summed E-state index contributed by atoms with van der Waals surface area (Å²) in [5.41, 5.74) is 4.08. The first-order valence-electron chi connectivity index (χ1n) is 18.9. The third-order valence-electron chi connectivity index (χ3n) is 10.6. The smallest absolute Gasteiger partial charge is 0.253 e. The van der Waals surface area contributed by atoms with E-state index in [1.807, 2.05) is 12.1 Å². The van der Waals surface area contributed by atoms with Crippen molar-refractivity contribution in [2.45, 2.75) is 61.4 Å². The van der Waals surface area contributed by atoms with E-state index in [2.05, 4.69) is 0 Å². The van der Waals surface area contributed by atoms with E-state index in [9.17, 15) is 50.4 Å². The van der Waals surface area contributed by atoms with Gasteiger partial charge in [-0.25, -0.2) is 0 Å². The summed E-state index contributed by atoms with van der Waals surface area (Å²) in [4.78, 5) is 30.6. The maximum atomic E-state index is 13.6. The van der Waals surface area contributed by atoms with Crippen LogP contribution >= 0.6 is 0 Å². The lowest BCUT2D eigenvalue weighted by Gasteiger charge is -2.39. The van der Waals surface area contributed by atoms with Crippen LogP contribution in [0.25, 0.3) is 22.3 Å². The van der Waals surface area contributed by atoms with E-state index >= 15 is 0 Å². The second-order valence-corrected chi connectivity index (χ2v) is 14.4. The Hall–Kier alpha value is -4.98. The average Bonchev–Trinajstić information content (AvgIpc) is 3.26. The first kappa shape index (κ1) is 41.2. The van der Waals surface area contributed by atoms with Gasteiger partial charge < -0.3 is 69.6 Å². The Kier molecular flexibility index (Phi) is 12.7. The van der Waals surface area contributed by atoms with Gasteiger partial charge in [0.05, 0.1) is 13.2 Å². The Morgan fingerprint density at radius 3 is 1.21 bits per heavy atom. The standard InChI is InChI=1S/C42H46N2O14/c45-21-31-33(47)35(49)37(51)41(57-31)55-29-11-7-23(8-12-29)25-3-1-5-27(19-25)39(53)43-15-17-44(18-16-43)40(54)28-6-2-4-26(20-28)24-9-13-30(14-10-24)56-42-38(52)36(50)34(48)32(22-46)58-42/h1-14,19-20,31-38,41-42,45-52H,15-18,21-22H2. The van der Waals surface area contributed by atoms with Crippen LogP contribution in [-0.2, 0) is 9.47 Å². The van der Waals surface area contributed by atoms with E-state index in [0.717, 1.165) is 22.3 Å². The zero-order valence-corrected chi connectivity index (χ0v) is 31.2. The third-order valence-corrected chi connectivity index (χ3v) is 10.6. The van der Waals surface area contributed by atoms with Gasteiger partial charge in [-0.15, -0.1) is 0 Å². The first-order valence-corrected chi connectivity index (χ1v) is 18.9. The van der Waals surface area contributed by atoms with E-state index < -0.39 is 74.6 Å². The van der Waals surface area contributed by atoms with Crippen LogP contribution in [0.1, 0.15) is 20.7 Å². The summed E-state index contributed by atoms with van der Waals surface area (Å²) >= 11 is 0. The van der Waals surface area contributed by atoms with Crippen molar-refractivity contribution in [1.82, 2.24) is 9.80 Å². The molecule has 0 spiro atoms. The lowest BCUT2D eigenvalue weighted by molar-refractivity contribution is -0.277. The monoisotopic (exact) mass is 802 g/mol. The van der Waals surface area contributed by atoms with Gasteiger partial charge in [0.2, 0.25) is 12.6 Å². The van der Waals surface area contributed by atoms with Gasteiger partial charge in [-0.05, 0) is 70.8 Å². The van der Waals surface area contributed by atoms with E-state index in [0.29, 0.717) is 48.8 Å². The number of hydrogen-bond acceptors (Lipinski definition) is 14. The Morgan fingerprint density at radius 2 is 0.862 bits per heavy atom. The summed E-state index contributed by atoms with van der Waals surface area (Å²) in [6.07, 6.45) is -14.0. The number of carbonyl (C=O) groups is 2. The van der Waals surface area contributed by atoms with Crippen LogP contribution in [0.5, 0.6) is 11.5 Å². The molecule has 3 saturated heterocycles. The molecule has 0 aliphatic carbocycles. The lowest BCUT2D eigenvalue weighted by Crippen LogP contribution is -2.60. The highest BCUT2D eigenvalue weighted by atomic mass is 16.7. The molecule has 8 N–H and O–H groups in total. The fourth-order valence-electron chi connectivity index (χ4n) is 7.19. The first-order chi connectivity index (χ1) is 27.9. The molecule has 10 atom stereocenters. The topological polar surface area (TPSA) is 239 Å². The van der Waals surface area contributed by atoms with Crippen LogP contribution in [0, 0.1) is 0 Å². The van der Waals surface area contributed by atoms with E-state index in [-0.39, 0.29) is 11.8 Å². The molecule has 2 amide bonds. The molecule has 3 aliphatic rings. The van der Waals surface area contributed by atoms with Gasteiger partial charge in [0.25, 0.3) is 11.8 Å². The number of carbonyl (C=O) groups excluding carboxylic acids is 2. The van der Waals surface area contributed by atoms with Crippen LogP contribution in [0.3, 0.4) is 0 Å². The number of piperazine rings is 1. The SMILES string of the molecule is O=C(c1cccc(-c2ccc(OC3OC(CO)C(O)C(O)C3O)cc2)c1)N1CCN(C(=O)c2cccc(-c3ccc(OC4OC(CO)C(O)C(O)C4O)cc3)c2)CC1. The van der Waals surface area contributed by atoms with Gasteiger partial charge in [0.1, 0.15) is 60.3 Å². The molecule has 0 radical (unpaired) electrons. The molecule has 16 nitrogen and oxygen atoms in total. The highest BCUT2D eigenvalue weighted by Gasteiger charge is 2.46. The normalized spacial score (nSPS) is 28.8. The van der Waals surface area contributed by atoms with Crippen LogP contribution in [0.15, 0.2) is 97.1 Å². The van der Waals surface area contributed by atoms with Crippen molar-refractivity contribution in [2.24, 2.45) is 0 Å². The maximum absolute atomic E-state index is 13.6. The van der Waals surface area contributed by atoms with E-state index in [1.54, 1.807) is 94.7 Å². The molecule has 0 saturated carbocycles. The van der Waals surface area contributed by atoms with Gasteiger partial charge in [-0.2, -0.15) is 0 Å². The molecular formula is C42H46N2O14. The minimum Gasteiger partial charge on any atom is -0.462 e. The molecule has 308 valence electrons. The minimum absolute atomic E-state index is 0.169. The predicted octanol–water partition coefficient (Wildman–Crippen LogP) is -0.0238. The fraction of sp³-hybridized carbons (Fsp3) is 0.381. The zero-order valence-electron chi connectivity index (χ0n) is 31.2. The molecule has 7 rings (SSSR count). The molecule has 4 aromatic carbocycles. The zero-order chi connectivity index (χ0) is 41.1. The molecule has 3 heterocycles. The molecule has 10 unspecified atom stereocenters. The van der Waals surface area contributed by atoms with Gasteiger partial charge in [-0.1, -0.05) is 48.5 Å². The quantitative estimate of drug-likeness (QED) is 0.105. The number of ether oxygens (including phenoxy) is 4. The van der Waals surface area contributed by atoms with Crippen molar-refractivity contribution in [3.8, 4) is 33.8 Å². The van der Waals surface area contributed by atoms with Crippen molar-refractivity contribution in [3.63, 3.8) is 0 Å². The summed E-state index contributed by atoms with van der Waals surface area (Å²) in [6, 6.07) is 27.9. The van der Waals surface area contributed by atoms with Crippen molar-refractivity contribution < 1.29 is 69.4 Å². The van der Waals surface area contributed by atoms with Crippen LogP contribution in [0.2, 0.25) is 0 Å². The minimum atomic E-state index is -1.56. The van der Waals surface area contributed by atoms with E-state index in [4.69, 9.17) is 18.9 Å². The molecule has 4 aromatic rings. The van der Waals surface area contributed by atoms with Gasteiger partial charge in [0.15, 0.2) is 0 Å². The summed E-state index contributed by atoms with van der Waals surface area (Å²) < 4.78 is 22.2. The molecular weight excluding hydrogens is 756 g/mol. The van der Waals surface area contributed by atoms with E-state index in [1.165, 1.54) is 0 Å². The summed E-state index contributed by atoms with van der Waals surface area (Å²) in [7, 11) is 0. The third kappa shape index (κ3) is 8.72. The van der Waals surface area contributed by atoms with Crippen LogP contribution in [0.4, 0.5) is 0 Å². The molecule has 0 aromatic heterocycles. The Labute approximate surface area is 333 Å². The lowest BCUT2D eigenvalue weighted by atomic mass is 9.99.